The molecule has 1 fully saturated rings. The number of hydrogen-bond donors (Lipinski definition) is 0. The first-order valence-corrected chi connectivity index (χ1v) is 4.25. The molecule has 11 heavy (non-hydrogen) atoms. The summed E-state index contributed by atoms with van der Waals surface area (Å²) in [5, 5.41) is 1.98. The quantitative estimate of drug-likeness (QED) is 0.601. The minimum atomic E-state index is 0.297. The molecule has 1 heterocycles. The molecule has 0 bridgehead atoms. The molecule has 1 rings (SSSR count). The normalized spacial score (nSPS) is 34.1. The number of nitrogens with zero attached hydrogens (tertiary/aromatic N) is 1. The molecule has 66 valence electrons. The topological polar surface area (TPSA) is 21.7 Å². The molecule has 0 radical (unpaired) electrons. The molecule has 1 aliphatic rings. The summed E-state index contributed by atoms with van der Waals surface area (Å²) in [7, 11) is 0. The van der Waals surface area contributed by atoms with Crippen molar-refractivity contribution in [2.45, 2.75) is 33.0 Å². The van der Waals surface area contributed by atoms with E-state index in [1.807, 2.05) is 12.0 Å². The summed E-state index contributed by atoms with van der Waals surface area (Å²) < 4.78 is 5.54. The second-order valence-corrected chi connectivity index (χ2v) is 3.02. The second-order valence-electron chi connectivity index (χ2n) is 3.02. The van der Waals surface area contributed by atoms with Crippen LogP contribution in [-0.2, 0) is 9.57 Å². The molecule has 0 aromatic heterocycles. The summed E-state index contributed by atoms with van der Waals surface area (Å²) in [6.45, 7) is 8.67. The van der Waals surface area contributed by atoms with Crippen LogP contribution >= 0.6 is 0 Å². The van der Waals surface area contributed by atoms with Crippen molar-refractivity contribution in [1.29, 1.82) is 0 Å². The Hall–Kier alpha value is -0.120. The van der Waals surface area contributed by atoms with Crippen molar-refractivity contribution in [3.8, 4) is 0 Å². The summed E-state index contributed by atoms with van der Waals surface area (Å²) in [5.41, 5.74) is 0. The monoisotopic (exact) mass is 159 g/mol. The van der Waals surface area contributed by atoms with E-state index in [4.69, 9.17) is 9.57 Å². The van der Waals surface area contributed by atoms with Gasteiger partial charge in [-0.25, -0.2) is 0 Å². The van der Waals surface area contributed by atoms with E-state index < -0.39 is 0 Å². The van der Waals surface area contributed by atoms with Gasteiger partial charge in [0.25, 0.3) is 0 Å². The van der Waals surface area contributed by atoms with Crippen LogP contribution in [-0.4, -0.2) is 37.0 Å². The van der Waals surface area contributed by atoms with Crippen molar-refractivity contribution in [2.24, 2.45) is 0 Å². The second kappa shape index (κ2) is 4.04. The zero-order chi connectivity index (χ0) is 8.27. The fourth-order valence-electron chi connectivity index (χ4n) is 1.42. The third-order valence-electron chi connectivity index (χ3n) is 1.70. The van der Waals surface area contributed by atoms with Gasteiger partial charge in [-0.1, -0.05) is 0 Å². The van der Waals surface area contributed by atoms with Crippen LogP contribution in [0.25, 0.3) is 0 Å². The fraction of sp³-hybridized carbons (Fsp3) is 1.00. The van der Waals surface area contributed by atoms with E-state index in [0.29, 0.717) is 12.2 Å². The summed E-state index contributed by atoms with van der Waals surface area (Å²) in [4.78, 5) is 5.38. The molecule has 0 aromatic rings. The van der Waals surface area contributed by atoms with E-state index in [1.165, 1.54) is 0 Å². The Bertz CT molecular complexity index is 109. The molecule has 0 aliphatic carbocycles. The third-order valence-corrected chi connectivity index (χ3v) is 1.70. The molecular formula is C8H17NO2. The lowest BCUT2D eigenvalue weighted by Crippen LogP contribution is -2.45. The van der Waals surface area contributed by atoms with E-state index in [-0.39, 0.29) is 0 Å². The predicted molar refractivity (Wildman–Crippen MR) is 43.2 cm³/mol. The number of hydrogen-bond acceptors (Lipinski definition) is 3. The van der Waals surface area contributed by atoms with Gasteiger partial charge in [0, 0.05) is 0 Å². The van der Waals surface area contributed by atoms with Crippen LogP contribution < -0.4 is 0 Å². The van der Waals surface area contributed by atoms with E-state index in [0.717, 1.165) is 19.7 Å². The van der Waals surface area contributed by atoms with Gasteiger partial charge in [-0.15, -0.1) is 0 Å². The Labute approximate surface area is 68.2 Å². The van der Waals surface area contributed by atoms with Gasteiger partial charge < -0.3 is 4.74 Å². The van der Waals surface area contributed by atoms with Crippen molar-refractivity contribution in [2.75, 3.05) is 19.7 Å². The zero-order valence-corrected chi connectivity index (χ0v) is 7.54. The van der Waals surface area contributed by atoms with E-state index in [9.17, 15) is 0 Å². The van der Waals surface area contributed by atoms with Crippen LogP contribution in [0.5, 0.6) is 0 Å². The van der Waals surface area contributed by atoms with E-state index in [2.05, 4.69) is 13.8 Å². The Morgan fingerprint density at radius 2 is 1.91 bits per heavy atom. The predicted octanol–water partition coefficient (Wildman–Crippen LogP) is 1.05. The van der Waals surface area contributed by atoms with Gasteiger partial charge >= 0.3 is 0 Å². The molecule has 3 heteroatoms. The van der Waals surface area contributed by atoms with Gasteiger partial charge in [0.05, 0.1) is 31.9 Å². The van der Waals surface area contributed by atoms with Crippen LogP contribution in [0.15, 0.2) is 0 Å². The highest BCUT2D eigenvalue weighted by Gasteiger charge is 2.21. The summed E-state index contributed by atoms with van der Waals surface area (Å²) in [6, 6.07) is 0. The smallest absolute Gasteiger partial charge is 0.0701 e. The first-order valence-electron chi connectivity index (χ1n) is 4.25. The van der Waals surface area contributed by atoms with Crippen LogP contribution in [0.1, 0.15) is 20.8 Å². The Morgan fingerprint density at radius 1 is 1.36 bits per heavy atom. The summed E-state index contributed by atoms with van der Waals surface area (Å²) in [5.74, 6) is 0. The van der Waals surface area contributed by atoms with Crippen molar-refractivity contribution >= 4 is 0 Å². The van der Waals surface area contributed by atoms with E-state index >= 15 is 0 Å². The Balaban J connectivity index is 2.30. The zero-order valence-electron chi connectivity index (χ0n) is 7.54. The summed E-state index contributed by atoms with van der Waals surface area (Å²) in [6.07, 6.45) is 0.593. The van der Waals surface area contributed by atoms with Crippen LogP contribution in [0.4, 0.5) is 0 Å². The number of ether oxygens (including phenoxy) is 1. The first kappa shape index (κ1) is 8.97. The fourth-order valence-corrected chi connectivity index (χ4v) is 1.42. The average Bonchev–Trinajstić information content (AvgIpc) is 1.85. The van der Waals surface area contributed by atoms with Crippen LogP contribution in [0, 0.1) is 0 Å². The average molecular weight is 159 g/mol. The number of rotatable bonds is 2. The van der Waals surface area contributed by atoms with Crippen LogP contribution in [0.2, 0.25) is 0 Å². The highest BCUT2D eigenvalue weighted by atomic mass is 16.7. The minimum Gasteiger partial charge on any atom is -0.373 e. The maximum atomic E-state index is 5.54. The molecule has 0 spiro atoms. The maximum Gasteiger partial charge on any atom is 0.0701 e. The molecule has 3 nitrogen and oxygen atoms in total. The van der Waals surface area contributed by atoms with Gasteiger partial charge in [0.15, 0.2) is 0 Å². The largest absolute Gasteiger partial charge is 0.373 e. The van der Waals surface area contributed by atoms with E-state index in [1.54, 1.807) is 0 Å². The molecule has 0 aromatic carbocycles. The van der Waals surface area contributed by atoms with Gasteiger partial charge in [-0.05, 0) is 20.8 Å². The molecule has 2 unspecified atom stereocenters. The van der Waals surface area contributed by atoms with Gasteiger partial charge in [0.1, 0.15) is 0 Å². The highest BCUT2D eigenvalue weighted by molar-refractivity contribution is 4.67. The maximum absolute atomic E-state index is 5.54. The molecule has 0 amide bonds. The van der Waals surface area contributed by atoms with Gasteiger partial charge in [-0.2, -0.15) is 5.06 Å². The van der Waals surface area contributed by atoms with Gasteiger partial charge in [-0.3, -0.25) is 4.84 Å². The van der Waals surface area contributed by atoms with Crippen molar-refractivity contribution < 1.29 is 9.57 Å². The lowest BCUT2D eigenvalue weighted by molar-refractivity contribution is -0.223. The number of morpholine rings is 1. The summed E-state index contributed by atoms with van der Waals surface area (Å²) >= 11 is 0. The standard InChI is InChI=1S/C8H17NO2/c1-4-10-9-5-7(2)11-8(3)6-9/h7-8H,4-6H2,1-3H3. The Kier molecular flexibility index (Phi) is 3.30. The van der Waals surface area contributed by atoms with Crippen molar-refractivity contribution in [3.63, 3.8) is 0 Å². The van der Waals surface area contributed by atoms with Crippen molar-refractivity contribution in [3.05, 3.63) is 0 Å². The SMILES string of the molecule is CCON1CC(C)OC(C)C1. The molecule has 1 aliphatic heterocycles. The molecule has 2 atom stereocenters. The first-order chi connectivity index (χ1) is 5.22. The number of hydroxylamine groups is 2. The molecular weight excluding hydrogens is 142 g/mol. The van der Waals surface area contributed by atoms with Gasteiger partial charge in [0.2, 0.25) is 0 Å². The lowest BCUT2D eigenvalue weighted by atomic mass is 10.3. The van der Waals surface area contributed by atoms with Crippen molar-refractivity contribution in [1.82, 2.24) is 5.06 Å². The lowest BCUT2D eigenvalue weighted by Gasteiger charge is -2.33. The molecule has 1 saturated heterocycles. The highest BCUT2D eigenvalue weighted by Crippen LogP contribution is 2.10. The Morgan fingerprint density at radius 3 is 2.36 bits per heavy atom. The molecule has 0 N–H and O–H groups in total. The molecule has 0 saturated carbocycles. The third kappa shape index (κ3) is 2.77. The van der Waals surface area contributed by atoms with Crippen LogP contribution in [0.3, 0.4) is 0 Å². The minimum absolute atomic E-state index is 0.297.